The Morgan fingerprint density at radius 1 is 1.21 bits per heavy atom. The summed E-state index contributed by atoms with van der Waals surface area (Å²) < 4.78 is 15.2. The van der Waals surface area contributed by atoms with Crippen LogP contribution in [0.3, 0.4) is 0 Å². The second-order valence-electron chi connectivity index (χ2n) is 6.23. The lowest BCUT2D eigenvalue weighted by atomic mass is 9.67. The summed E-state index contributed by atoms with van der Waals surface area (Å²) in [6.07, 6.45) is 1.55. The normalized spacial score (nSPS) is 20.8. The molecule has 0 saturated carbocycles. The number of rotatable bonds is 4. The molecule has 0 fully saturated rings. The molecule has 0 bridgehead atoms. The largest absolute Gasteiger partial charge is 0.466 e. The quantitative estimate of drug-likeness (QED) is 0.615. The molecule has 0 unspecified atom stereocenters. The van der Waals surface area contributed by atoms with E-state index in [0.717, 1.165) is 7.11 Å². The minimum Gasteiger partial charge on any atom is -0.466 e. The Bertz CT molecular complexity index is 921. The molecule has 1 atom stereocenters. The first-order valence-electron chi connectivity index (χ1n) is 8.44. The number of fused-ring (bicyclic) bond motifs is 2. The van der Waals surface area contributed by atoms with Crippen molar-refractivity contribution in [3.8, 4) is 0 Å². The number of allylic oxidation sites excluding steroid dienone is 1. The summed E-state index contributed by atoms with van der Waals surface area (Å²) in [7, 11) is 2.34. The van der Waals surface area contributed by atoms with Crippen LogP contribution in [-0.2, 0) is 34.0 Å². The fourth-order valence-electron chi connectivity index (χ4n) is 3.84. The SMILES string of the molecule is C=CCN1C(=O)[C@@]2(C(C(=O)OC)=C(C)OC(N)=C2C(=O)OC)c2ccccc21. The Morgan fingerprint density at radius 3 is 2.43 bits per heavy atom. The summed E-state index contributed by atoms with van der Waals surface area (Å²) in [6, 6.07) is 6.83. The summed E-state index contributed by atoms with van der Waals surface area (Å²) in [6.45, 7) is 5.34. The van der Waals surface area contributed by atoms with Crippen LogP contribution in [-0.4, -0.2) is 38.6 Å². The molecule has 1 amide bonds. The van der Waals surface area contributed by atoms with Crippen LogP contribution in [0.5, 0.6) is 0 Å². The van der Waals surface area contributed by atoms with Gasteiger partial charge in [0.2, 0.25) is 11.8 Å². The lowest BCUT2D eigenvalue weighted by molar-refractivity contribution is -0.141. The summed E-state index contributed by atoms with van der Waals surface area (Å²) in [4.78, 5) is 40.7. The average molecular weight is 384 g/mol. The molecular formula is C20H20N2O6. The minimum atomic E-state index is -1.84. The third-order valence-electron chi connectivity index (χ3n) is 4.87. The maximum atomic E-state index is 13.8. The van der Waals surface area contributed by atoms with Crippen molar-refractivity contribution >= 4 is 23.5 Å². The Kier molecular flexibility index (Phi) is 4.72. The third kappa shape index (κ3) is 2.34. The van der Waals surface area contributed by atoms with E-state index in [1.807, 2.05) is 0 Å². The van der Waals surface area contributed by atoms with Gasteiger partial charge in [-0.25, -0.2) is 9.59 Å². The number of esters is 2. The highest BCUT2D eigenvalue weighted by molar-refractivity contribution is 6.22. The summed E-state index contributed by atoms with van der Waals surface area (Å²) in [5, 5.41) is 0. The monoisotopic (exact) mass is 384 g/mol. The summed E-state index contributed by atoms with van der Waals surface area (Å²) in [5.74, 6) is -2.47. The van der Waals surface area contributed by atoms with Gasteiger partial charge in [-0.05, 0) is 13.0 Å². The van der Waals surface area contributed by atoms with Crippen molar-refractivity contribution in [2.45, 2.75) is 12.3 Å². The van der Waals surface area contributed by atoms with Gasteiger partial charge in [0.15, 0.2) is 0 Å². The molecule has 1 aromatic carbocycles. The third-order valence-corrected chi connectivity index (χ3v) is 4.87. The van der Waals surface area contributed by atoms with E-state index in [4.69, 9.17) is 19.9 Å². The van der Waals surface area contributed by atoms with Gasteiger partial charge in [-0.15, -0.1) is 6.58 Å². The van der Waals surface area contributed by atoms with Crippen molar-refractivity contribution in [3.05, 3.63) is 65.3 Å². The number of nitrogens with zero attached hydrogens (tertiary/aromatic N) is 1. The fraction of sp³-hybridized carbons (Fsp3) is 0.250. The molecule has 1 spiro atoms. The zero-order valence-corrected chi connectivity index (χ0v) is 15.8. The average Bonchev–Trinajstić information content (AvgIpc) is 2.91. The predicted octanol–water partition coefficient (Wildman–Crippen LogP) is 1.28. The van der Waals surface area contributed by atoms with Gasteiger partial charge >= 0.3 is 11.9 Å². The molecule has 28 heavy (non-hydrogen) atoms. The zero-order valence-electron chi connectivity index (χ0n) is 15.8. The molecular weight excluding hydrogens is 364 g/mol. The van der Waals surface area contributed by atoms with Gasteiger partial charge in [0.25, 0.3) is 0 Å². The van der Waals surface area contributed by atoms with Gasteiger partial charge < -0.3 is 24.8 Å². The van der Waals surface area contributed by atoms with Crippen molar-refractivity contribution in [3.63, 3.8) is 0 Å². The standard InChI is InChI=1S/C20H20N2O6/c1-5-10-22-13-9-7-6-8-12(13)20(19(22)25)14(17(23)26-3)11(2)28-16(21)15(20)18(24)27-4/h5-9H,1,10,21H2,2-4H3/t20-/m1/s1. The fourth-order valence-corrected chi connectivity index (χ4v) is 3.84. The van der Waals surface area contributed by atoms with E-state index in [9.17, 15) is 14.4 Å². The molecule has 2 aliphatic heterocycles. The maximum absolute atomic E-state index is 13.8. The van der Waals surface area contributed by atoms with Crippen LogP contribution in [0, 0.1) is 0 Å². The number of benzene rings is 1. The van der Waals surface area contributed by atoms with Crippen LogP contribution >= 0.6 is 0 Å². The summed E-state index contributed by atoms with van der Waals surface area (Å²) in [5.41, 5.74) is 4.74. The Hall–Kier alpha value is -3.55. The Balaban J connectivity index is 2.47. The van der Waals surface area contributed by atoms with Gasteiger partial charge in [0.05, 0.1) is 14.2 Å². The van der Waals surface area contributed by atoms with Crippen molar-refractivity contribution in [2.75, 3.05) is 25.7 Å². The first-order chi connectivity index (χ1) is 13.4. The van der Waals surface area contributed by atoms with Gasteiger partial charge in [-0.3, -0.25) is 4.79 Å². The van der Waals surface area contributed by atoms with E-state index in [0.29, 0.717) is 11.3 Å². The van der Waals surface area contributed by atoms with Crippen LogP contribution in [0.4, 0.5) is 5.69 Å². The van der Waals surface area contributed by atoms with E-state index in [1.54, 1.807) is 30.3 Å². The lowest BCUT2D eigenvalue weighted by Crippen LogP contribution is -2.50. The van der Waals surface area contributed by atoms with E-state index in [2.05, 4.69) is 6.58 Å². The molecule has 8 nitrogen and oxygen atoms in total. The molecule has 2 N–H and O–H groups in total. The van der Waals surface area contributed by atoms with Crippen molar-refractivity contribution in [1.82, 2.24) is 0 Å². The number of hydrogen-bond acceptors (Lipinski definition) is 7. The predicted molar refractivity (Wildman–Crippen MR) is 99.7 cm³/mol. The van der Waals surface area contributed by atoms with E-state index < -0.39 is 23.3 Å². The number of ether oxygens (including phenoxy) is 3. The van der Waals surface area contributed by atoms with Gasteiger partial charge in [0, 0.05) is 17.8 Å². The molecule has 146 valence electrons. The van der Waals surface area contributed by atoms with E-state index in [1.165, 1.54) is 18.9 Å². The van der Waals surface area contributed by atoms with Gasteiger partial charge in [-0.1, -0.05) is 24.3 Å². The first kappa shape index (κ1) is 19.2. The number of nitrogens with two attached hydrogens (primary N) is 1. The van der Waals surface area contributed by atoms with Crippen molar-refractivity contribution < 1.29 is 28.6 Å². The molecule has 2 aliphatic rings. The van der Waals surface area contributed by atoms with E-state index >= 15 is 0 Å². The highest BCUT2D eigenvalue weighted by atomic mass is 16.5. The first-order valence-corrected chi connectivity index (χ1v) is 8.44. The molecule has 1 aromatic rings. The van der Waals surface area contributed by atoms with Crippen molar-refractivity contribution in [1.29, 1.82) is 0 Å². The molecule has 0 radical (unpaired) electrons. The Morgan fingerprint density at radius 2 is 1.82 bits per heavy atom. The highest BCUT2D eigenvalue weighted by Crippen LogP contribution is 2.54. The molecule has 0 aromatic heterocycles. The lowest BCUT2D eigenvalue weighted by Gasteiger charge is -2.35. The number of amides is 1. The number of carbonyl (C=O) groups is 3. The number of para-hydroxylation sites is 1. The molecule has 2 heterocycles. The minimum absolute atomic E-state index is 0.0700. The van der Waals surface area contributed by atoms with Gasteiger partial charge in [0.1, 0.15) is 22.3 Å². The second kappa shape index (κ2) is 6.88. The van der Waals surface area contributed by atoms with Gasteiger partial charge in [-0.2, -0.15) is 0 Å². The van der Waals surface area contributed by atoms with Crippen LogP contribution in [0.25, 0.3) is 0 Å². The molecule has 3 rings (SSSR count). The number of hydrogen-bond donors (Lipinski definition) is 1. The van der Waals surface area contributed by atoms with Crippen LogP contribution < -0.4 is 10.6 Å². The number of carbonyl (C=O) groups excluding carboxylic acids is 3. The Labute approximate surface area is 161 Å². The number of anilines is 1. The zero-order chi connectivity index (χ0) is 20.6. The van der Waals surface area contributed by atoms with Crippen LogP contribution in [0.1, 0.15) is 12.5 Å². The molecule has 0 aliphatic carbocycles. The maximum Gasteiger partial charge on any atom is 0.340 e. The smallest absolute Gasteiger partial charge is 0.340 e. The molecule has 8 heteroatoms. The topological polar surface area (TPSA) is 108 Å². The van der Waals surface area contributed by atoms with Crippen LogP contribution in [0.2, 0.25) is 0 Å². The number of methoxy groups -OCH3 is 2. The molecule has 0 saturated heterocycles. The second-order valence-corrected chi connectivity index (χ2v) is 6.23. The summed E-state index contributed by atoms with van der Waals surface area (Å²) >= 11 is 0. The van der Waals surface area contributed by atoms with Crippen molar-refractivity contribution in [2.24, 2.45) is 5.73 Å². The highest BCUT2D eigenvalue weighted by Gasteiger charge is 2.63. The van der Waals surface area contributed by atoms with E-state index in [-0.39, 0.29) is 29.3 Å². The van der Waals surface area contributed by atoms with Crippen LogP contribution in [0.15, 0.2) is 59.7 Å².